The number of aromatic hydroxyl groups is 2. The van der Waals surface area contributed by atoms with Gasteiger partial charge in [-0.05, 0) is 12.1 Å². The summed E-state index contributed by atoms with van der Waals surface area (Å²) in [6, 6.07) is 9.21. The number of rotatable bonds is 4. The molecule has 0 saturated carbocycles. The Bertz CT molecular complexity index is 686. The molecule has 0 spiro atoms. The molecule has 0 fully saturated rings. The molecule has 0 amide bonds. The highest BCUT2D eigenvalue weighted by Gasteiger charge is 2.22. The van der Waals surface area contributed by atoms with E-state index in [9.17, 15) is 15.0 Å². The van der Waals surface area contributed by atoms with Crippen molar-refractivity contribution in [2.24, 2.45) is 0 Å². The van der Waals surface area contributed by atoms with Crippen molar-refractivity contribution < 1.29 is 24.6 Å². The molecule has 1 aromatic carbocycles. The van der Waals surface area contributed by atoms with Crippen molar-refractivity contribution in [3.8, 4) is 11.8 Å². The Labute approximate surface area is 134 Å². The van der Waals surface area contributed by atoms with Gasteiger partial charge in [0.25, 0.3) is 6.54 Å². The average Bonchev–Trinajstić information content (AvgIpc) is 2.79. The molecule has 2 N–H and O–H groups in total. The predicted molar refractivity (Wildman–Crippen MR) is 79.2 cm³/mol. The van der Waals surface area contributed by atoms with Crippen molar-refractivity contribution in [1.29, 1.82) is 0 Å². The fourth-order valence-corrected chi connectivity index (χ4v) is 1.94. The molecule has 1 aromatic heterocycles. The van der Waals surface area contributed by atoms with Crippen LogP contribution in [0.15, 0.2) is 40.9 Å². The molecule has 0 radical (unpaired) electrons. The Hall–Kier alpha value is -2.66. The van der Waals surface area contributed by atoms with E-state index in [0.29, 0.717) is 10.3 Å². The number of halogens is 1. The number of carbonyl (C=O) groups excluding carboxylic acids is 1. The maximum atomic E-state index is 11.7. The number of ether oxygens (including phenoxy) is 1. The lowest BCUT2D eigenvalue weighted by molar-refractivity contribution is 0.0127. The van der Waals surface area contributed by atoms with E-state index in [4.69, 9.17) is 11.3 Å². The van der Waals surface area contributed by atoms with Crippen molar-refractivity contribution in [3.63, 3.8) is 0 Å². The molecule has 1 unspecified atom stereocenters. The summed E-state index contributed by atoms with van der Waals surface area (Å²) in [5.74, 6) is -0.917. The van der Waals surface area contributed by atoms with Crippen LogP contribution in [0.3, 0.4) is 0 Å². The van der Waals surface area contributed by atoms with Crippen LogP contribution in [-0.2, 0) is 4.74 Å². The zero-order valence-electron chi connectivity index (χ0n) is 11.1. The molecule has 1 atom stereocenters. The lowest BCUT2D eigenvalue weighted by Gasteiger charge is -2.13. The second kappa shape index (κ2) is 6.87. The molecule has 114 valence electrons. The zero-order valence-corrected chi connectivity index (χ0v) is 12.7. The maximum Gasteiger partial charge on any atom is 0.534 e. The molecule has 0 aliphatic heterocycles. The lowest BCUT2D eigenvalue weighted by Crippen LogP contribution is -2.23. The van der Waals surface area contributed by atoms with Crippen LogP contribution in [-0.4, -0.2) is 27.6 Å². The molecule has 2 rings (SSSR count). The van der Waals surface area contributed by atoms with Crippen LogP contribution >= 0.6 is 15.9 Å². The first kappa shape index (κ1) is 15.7. The summed E-state index contributed by atoms with van der Waals surface area (Å²) < 4.78 is 6.43. The highest BCUT2D eigenvalue weighted by molar-refractivity contribution is 9.10. The maximum absolute atomic E-state index is 11.7. The van der Waals surface area contributed by atoms with Crippen molar-refractivity contribution in [1.82, 2.24) is 4.73 Å². The third-order valence-corrected chi connectivity index (χ3v) is 3.23. The summed E-state index contributed by atoms with van der Waals surface area (Å²) >= 11 is 3.29. The lowest BCUT2D eigenvalue weighted by atomic mass is 10.1. The van der Waals surface area contributed by atoms with Gasteiger partial charge in [-0.3, -0.25) is 4.84 Å². The van der Waals surface area contributed by atoms with Crippen LogP contribution in [0.25, 0.3) is 4.85 Å². The smallest absolute Gasteiger partial charge is 0.492 e. The van der Waals surface area contributed by atoms with Crippen molar-refractivity contribution in [3.05, 3.63) is 57.9 Å². The normalized spacial score (nSPS) is 11.5. The van der Waals surface area contributed by atoms with Gasteiger partial charge in [0.1, 0.15) is 0 Å². The van der Waals surface area contributed by atoms with Crippen molar-refractivity contribution >= 4 is 22.1 Å². The van der Waals surface area contributed by atoms with Crippen LogP contribution in [0.5, 0.6) is 11.8 Å². The number of hydrogen-bond donors (Lipinski definition) is 2. The van der Waals surface area contributed by atoms with Gasteiger partial charge in [0.05, 0.1) is 0 Å². The molecule has 0 saturated heterocycles. The second-order valence-electron chi connectivity index (χ2n) is 4.18. The second-order valence-corrected chi connectivity index (χ2v) is 5.10. The van der Waals surface area contributed by atoms with Crippen LogP contribution in [0.4, 0.5) is 4.79 Å². The summed E-state index contributed by atoms with van der Waals surface area (Å²) in [6.45, 7) is 6.85. The first-order valence-corrected chi connectivity index (χ1v) is 6.88. The van der Waals surface area contributed by atoms with Crippen LogP contribution in [0, 0.1) is 6.57 Å². The zero-order chi connectivity index (χ0) is 16.1. The summed E-state index contributed by atoms with van der Waals surface area (Å²) in [7, 11) is 0. The minimum atomic E-state index is -1.15. The number of benzene rings is 1. The third-order valence-electron chi connectivity index (χ3n) is 2.70. The van der Waals surface area contributed by atoms with Crippen molar-refractivity contribution in [2.75, 3.05) is 6.54 Å². The topological polar surface area (TPSA) is 85.3 Å². The van der Waals surface area contributed by atoms with Gasteiger partial charge in [0.2, 0.25) is 17.9 Å². The van der Waals surface area contributed by atoms with E-state index >= 15 is 0 Å². The Balaban J connectivity index is 2.09. The van der Waals surface area contributed by atoms with E-state index in [-0.39, 0.29) is 6.54 Å². The molecule has 0 bridgehead atoms. The van der Waals surface area contributed by atoms with Gasteiger partial charge < -0.3 is 19.8 Å². The van der Waals surface area contributed by atoms with E-state index in [0.717, 1.165) is 16.6 Å². The first-order chi connectivity index (χ1) is 10.5. The Morgan fingerprint density at radius 3 is 2.36 bits per heavy atom. The first-order valence-electron chi connectivity index (χ1n) is 6.08. The monoisotopic (exact) mass is 366 g/mol. The van der Waals surface area contributed by atoms with Gasteiger partial charge in [-0.25, -0.2) is 11.4 Å². The summed E-state index contributed by atoms with van der Waals surface area (Å²) in [5, 5.41) is 18.8. The largest absolute Gasteiger partial charge is 0.534 e. The van der Waals surface area contributed by atoms with Crippen LogP contribution in [0.2, 0.25) is 0 Å². The highest BCUT2D eigenvalue weighted by atomic mass is 79.9. The van der Waals surface area contributed by atoms with E-state index in [1.807, 2.05) is 0 Å². The van der Waals surface area contributed by atoms with Gasteiger partial charge in [-0.1, -0.05) is 28.1 Å². The summed E-state index contributed by atoms with van der Waals surface area (Å²) in [6.07, 6.45) is -1.98. The van der Waals surface area contributed by atoms with Gasteiger partial charge >= 0.3 is 6.16 Å². The molecule has 2 aromatic rings. The standard InChI is InChI=1S/C14H11BrN2O5/c1-16-8-11(9-2-4-10(15)5-3-9)21-14(20)22-17-12(18)6-7-13(17)19/h2-7,11,18-19H,8H2. The van der Waals surface area contributed by atoms with E-state index in [1.165, 1.54) is 0 Å². The number of hydrogen-bond acceptors (Lipinski definition) is 5. The van der Waals surface area contributed by atoms with Crippen LogP contribution < -0.4 is 4.84 Å². The van der Waals surface area contributed by atoms with Gasteiger partial charge in [0, 0.05) is 22.2 Å². The molecule has 0 aliphatic rings. The molecule has 7 nitrogen and oxygen atoms in total. The SMILES string of the molecule is [C-]#[N+]CC(OC(=O)On1c(O)ccc1O)c1ccc(Br)cc1. The minimum absolute atomic E-state index is 0.0830. The minimum Gasteiger partial charge on any atom is -0.492 e. The average molecular weight is 367 g/mol. The third kappa shape index (κ3) is 3.71. The number of carbonyl (C=O) groups is 1. The Morgan fingerprint density at radius 2 is 1.82 bits per heavy atom. The molecule has 8 heteroatoms. The van der Waals surface area contributed by atoms with Gasteiger partial charge in [-0.2, -0.15) is 0 Å². The molecule has 22 heavy (non-hydrogen) atoms. The van der Waals surface area contributed by atoms with Gasteiger partial charge in [0.15, 0.2) is 0 Å². The fraction of sp³-hybridized carbons (Fsp3) is 0.143. The Morgan fingerprint density at radius 1 is 1.23 bits per heavy atom. The predicted octanol–water partition coefficient (Wildman–Crippen LogP) is 2.89. The quantitative estimate of drug-likeness (QED) is 0.641. The van der Waals surface area contributed by atoms with Crippen molar-refractivity contribution in [2.45, 2.75) is 6.10 Å². The molecule has 0 aliphatic carbocycles. The van der Waals surface area contributed by atoms with Crippen LogP contribution in [0.1, 0.15) is 11.7 Å². The van der Waals surface area contributed by atoms with E-state index < -0.39 is 24.0 Å². The van der Waals surface area contributed by atoms with E-state index in [1.54, 1.807) is 24.3 Å². The van der Waals surface area contributed by atoms with E-state index in [2.05, 4.69) is 25.6 Å². The molecule has 1 heterocycles. The summed E-state index contributed by atoms with van der Waals surface area (Å²) in [5.41, 5.74) is 0.622. The molecular formula is C14H11BrN2O5. The molecular weight excluding hydrogens is 356 g/mol. The number of nitrogens with zero attached hydrogens (tertiary/aromatic N) is 2. The highest BCUT2D eigenvalue weighted by Crippen LogP contribution is 2.22. The summed E-state index contributed by atoms with van der Waals surface area (Å²) in [4.78, 5) is 19.6. The van der Waals surface area contributed by atoms with Gasteiger partial charge in [-0.15, -0.1) is 4.73 Å². The number of aromatic nitrogens is 1. The fourth-order valence-electron chi connectivity index (χ4n) is 1.68. The Kier molecular flexibility index (Phi) is 4.91.